The summed E-state index contributed by atoms with van der Waals surface area (Å²) in [4.78, 5) is 10.7. The summed E-state index contributed by atoms with van der Waals surface area (Å²) in [6, 6.07) is 7.72. The van der Waals surface area contributed by atoms with Gasteiger partial charge in [-0.3, -0.25) is 4.79 Å². The van der Waals surface area contributed by atoms with Crippen LogP contribution >= 0.6 is 0 Å². The van der Waals surface area contributed by atoms with Crippen LogP contribution in [0.25, 0.3) is 6.08 Å². The molecule has 2 nitrogen and oxygen atoms in total. The van der Waals surface area contributed by atoms with Gasteiger partial charge in [0.2, 0.25) is 0 Å². The van der Waals surface area contributed by atoms with Crippen molar-refractivity contribution in [1.29, 1.82) is 0 Å². The van der Waals surface area contributed by atoms with Crippen LogP contribution in [0, 0.1) is 5.92 Å². The lowest BCUT2D eigenvalue weighted by atomic mass is 10.2. The van der Waals surface area contributed by atoms with Crippen LogP contribution in [0.4, 0.5) is 0 Å². The van der Waals surface area contributed by atoms with E-state index in [-0.39, 0.29) is 5.78 Å². The molecule has 1 rings (SSSR count). The number of ketones is 1. The summed E-state index contributed by atoms with van der Waals surface area (Å²) in [5, 5.41) is 0. The standard InChI is InChI=1S/C14H18O2/c1-11(2)10-16-14-8-6-13(7-9-14)5-4-12(3)15/h4-9,11H,10H2,1-3H3/b5-4+. The Morgan fingerprint density at radius 1 is 1.31 bits per heavy atom. The molecule has 0 unspecified atom stereocenters. The van der Waals surface area contributed by atoms with Crippen LogP contribution in [0.2, 0.25) is 0 Å². The van der Waals surface area contributed by atoms with E-state index in [0.717, 1.165) is 17.9 Å². The highest BCUT2D eigenvalue weighted by molar-refractivity contribution is 5.91. The molecule has 0 radical (unpaired) electrons. The van der Waals surface area contributed by atoms with Gasteiger partial charge in [-0.05, 0) is 36.6 Å². The fourth-order valence-electron chi connectivity index (χ4n) is 1.15. The Balaban J connectivity index is 2.57. The second kappa shape index (κ2) is 6.11. The third kappa shape index (κ3) is 4.78. The third-order valence-corrected chi connectivity index (χ3v) is 1.97. The van der Waals surface area contributed by atoms with Crippen molar-refractivity contribution in [3.05, 3.63) is 35.9 Å². The van der Waals surface area contributed by atoms with E-state index in [1.165, 1.54) is 6.92 Å². The van der Waals surface area contributed by atoms with Gasteiger partial charge < -0.3 is 4.74 Å². The van der Waals surface area contributed by atoms with Crippen molar-refractivity contribution in [2.45, 2.75) is 20.8 Å². The predicted octanol–water partition coefficient (Wildman–Crippen LogP) is 3.32. The zero-order chi connectivity index (χ0) is 12.0. The molecule has 0 saturated carbocycles. The Morgan fingerprint density at radius 2 is 1.94 bits per heavy atom. The molecule has 16 heavy (non-hydrogen) atoms. The fourth-order valence-corrected chi connectivity index (χ4v) is 1.15. The van der Waals surface area contributed by atoms with E-state index in [0.29, 0.717) is 5.92 Å². The van der Waals surface area contributed by atoms with Crippen molar-refractivity contribution >= 4 is 11.9 Å². The van der Waals surface area contributed by atoms with E-state index in [4.69, 9.17) is 4.74 Å². The van der Waals surface area contributed by atoms with Crippen molar-refractivity contribution in [3.63, 3.8) is 0 Å². The number of carbonyl (C=O) groups excluding carboxylic acids is 1. The first-order valence-corrected chi connectivity index (χ1v) is 5.49. The van der Waals surface area contributed by atoms with Crippen molar-refractivity contribution in [2.75, 3.05) is 6.61 Å². The molecule has 0 aromatic heterocycles. The highest BCUT2D eigenvalue weighted by Crippen LogP contribution is 2.14. The van der Waals surface area contributed by atoms with Gasteiger partial charge in [0.1, 0.15) is 5.75 Å². The predicted molar refractivity (Wildman–Crippen MR) is 66.5 cm³/mol. The number of carbonyl (C=O) groups is 1. The Labute approximate surface area is 96.9 Å². The average Bonchev–Trinajstić information content (AvgIpc) is 2.25. The lowest BCUT2D eigenvalue weighted by molar-refractivity contribution is -0.112. The number of allylic oxidation sites excluding steroid dienone is 1. The molecular formula is C14H18O2. The Morgan fingerprint density at radius 3 is 2.44 bits per heavy atom. The van der Waals surface area contributed by atoms with E-state index in [2.05, 4.69) is 13.8 Å². The quantitative estimate of drug-likeness (QED) is 0.709. The Hall–Kier alpha value is -1.57. The van der Waals surface area contributed by atoms with E-state index in [1.54, 1.807) is 12.2 Å². The number of hydrogen-bond acceptors (Lipinski definition) is 2. The van der Waals surface area contributed by atoms with Gasteiger partial charge in [-0.15, -0.1) is 0 Å². The Bertz CT molecular complexity index is 361. The zero-order valence-corrected chi connectivity index (χ0v) is 10.1. The number of benzene rings is 1. The molecule has 2 heteroatoms. The van der Waals surface area contributed by atoms with Crippen LogP contribution in [0.3, 0.4) is 0 Å². The molecule has 0 aliphatic carbocycles. The van der Waals surface area contributed by atoms with E-state index in [1.807, 2.05) is 24.3 Å². The zero-order valence-electron chi connectivity index (χ0n) is 10.1. The van der Waals surface area contributed by atoms with Gasteiger partial charge in [-0.1, -0.05) is 32.1 Å². The maximum atomic E-state index is 10.7. The van der Waals surface area contributed by atoms with Crippen LogP contribution in [-0.2, 0) is 4.79 Å². The molecule has 0 heterocycles. The van der Waals surface area contributed by atoms with Gasteiger partial charge in [-0.2, -0.15) is 0 Å². The van der Waals surface area contributed by atoms with Crippen LogP contribution in [0.1, 0.15) is 26.3 Å². The maximum Gasteiger partial charge on any atom is 0.152 e. The summed E-state index contributed by atoms with van der Waals surface area (Å²) in [5.74, 6) is 1.45. The topological polar surface area (TPSA) is 26.3 Å². The molecule has 0 spiro atoms. The van der Waals surface area contributed by atoms with Gasteiger partial charge >= 0.3 is 0 Å². The lowest BCUT2D eigenvalue weighted by Crippen LogP contribution is -2.04. The molecule has 0 amide bonds. The number of rotatable bonds is 5. The first-order chi connectivity index (χ1) is 7.58. The van der Waals surface area contributed by atoms with E-state index >= 15 is 0 Å². The second-order valence-electron chi connectivity index (χ2n) is 4.22. The summed E-state index contributed by atoms with van der Waals surface area (Å²) in [7, 11) is 0. The van der Waals surface area contributed by atoms with Gasteiger partial charge in [0, 0.05) is 0 Å². The van der Waals surface area contributed by atoms with Crippen LogP contribution < -0.4 is 4.74 Å². The van der Waals surface area contributed by atoms with Crippen molar-refractivity contribution in [1.82, 2.24) is 0 Å². The lowest BCUT2D eigenvalue weighted by Gasteiger charge is -2.08. The molecule has 0 aliphatic rings. The average molecular weight is 218 g/mol. The molecule has 0 fully saturated rings. The summed E-state index contributed by atoms with van der Waals surface area (Å²) < 4.78 is 5.56. The normalized spacial score (nSPS) is 11.0. The summed E-state index contributed by atoms with van der Waals surface area (Å²) in [5.41, 5.74) is 1.01. The van der Waals surface area contributed by atoms with Crippen molar-refractivity contribution in [3.8, 4) is 5.75 Å². The minimum absolute atomic E-state index is 0.0557. The first-order valence-electron chi connectivity index (χ1n) is 5.49. The molecule has 0 N–H and O–H groups in total. The molecule has 1 aromatic rings. The largest absolute Gasteiger partial charge is 0.493 e. The summed E-state index contributed by atoms with van der Waals surface area (Å²) in [6.07, 6.45) is 3.36. The third-order valence-electron chi connectivity index (χ3n) is 1.97. The van der Waals surface area contributed by atoms with E-state index < -0.39 is 0 Å². The SMILES string of the molecule is CC(=O)/C=C/c1ccc(OCC(C)C)cc1. The molecule has 0 atom stereocenters. The fraction of sp³-hybridized carbons (Fsp3) is 0.357. The molecule has 0 bridgehead atoms. The van der Waals surface area contributed by atoms with Gasteiger partial charge in [0.05, 0.1) is 6.61 Å². The molecule has 1 aromatic carbocycles. The molecule has 0 saturated heterocycles. The van der Waals surface area contributed by atoms with Crippen LogP contribution in [0.5, 0.6) is 5.75 Å². The van der Waals surface area contributed by atoms with Gasteiger partial charge in [0.25, 0.3) is 0 Å². The highest BCUT2D eigenvalue weighted by Gasteiger charge is 1.96. The second-order valence-corrected chi connectivity index (χ2v) is 4.22. The maximum absolute atomic E-state index is 10.7. The smallest absolute Gasteiger partial charge is 0.152 e. The Kier molecular flexibility index (Phi) is 4.77. The molecular weight excluding hydrogens is 200 g/mol. The first kappa shape index (κ1) is 12.5. The van der Waals surface area contributed by atoms with Crippen molar-refractivity contribution < 1.29 is 9.53 Å². The number of ether oxygens (including phenoxy) is 1. The van der Waals surface area contributed by atoms with Gasteiger partial charge in [-0.25, -0.2) is 0 Å². The number of hydrogen-bond donors (Lipinski definition) is 0. The molecule has 86 valence electrons. The summed E-state index contributed by atoms with van der Waals surface area (Å²) >= 11 is 0. The van der Waals surface area contributed by atoms with Crippen LogP contribution in [-0.4, -0.2) is 12.4 Å². The monoisotopic (exact) mass is 218 g/mol. The minimum atomic E-state index is 0.0557. The summed E-state index contributed by atoms with van der Waals surface area (Å²) in [6.45, 7) is 6.49. The van der Waals surface area contributed by atoms with E-state index in [9.17, 15) is 4.79 Å². The van der Waals surface area contributed by atoms with Crippen molar-refractivity contribution in [2.24, 2.45) is 5.92 Å². The minimum Gasteiger partial charge on any atom is -0.493 e. The molecule has 0 aliphatic heterocycles. The highest BCUT2D eigenvalue weighted by atomic mass is 16.5. The van der Waals surface area contributed by atoms with Gasteiger partial charge in [0.15, 0.2) is 5.78 Å². The van der Waals surface area contributed by atoms with Crippen LogP contribution in [0.15, 0.2) is 30.3 Å².